The van der Waals surface area contributed by atoms with Crippen LogP contribution in [0.2, 0.25) is 0 Å². The Morgan fingerprint density at radius 1 is 0.304 bits per heavy atom. The third-order valence-corrected chi connectivity index (χ3v) is 10.2. The van der Waals surface area contributed by atoms with Crippen LogP contribution in [0.25, 0.3) is 0 Å². The number of hydrogen-bond acceptors (Lipinski definition) is 2. The van der Waals surface area contributed by atoms with E-state index in [1.165, 1.54) is 218 Å². The Kier molecular flexibility index (Phi) is 37.5. The van der Waals surface area contributed by atoms with Crippen molar-refractivity contribution in [3.63, 3.8) is 0 Å². The normalized spacial score (nSPS) is 11.5. The van der Waals surface area contributed by atoms with Gasteiger partial charge in [-0.3, -0.25) is 9.59 Å². The van der Waals surface area contributed by atoms with Gasteiger partial charge in [0.15, 0.2) is 5.92 Å². The second-order valence-electron chi connectivity index (χ2n) is 14.7. The summed E-state index contributed by atoms with van der Waals surface area (Å²) in [6.45, 7) is 2.30. The zero-order valence-electron chi connectivity index (χ0n) is 31.2. The topological polar surface area (TPSA) is 74.6 Å². The molecule has 0 aromatic heterocycles. The summed E-state index contributed by atoms with van der Waals surface area (Å²) < 4.78 is 0. The number of hydrogen-bond donors (Lipinski definition) is 2. The van der Waals surface area contributed by atoms with Gasteiger partial charge in [-0.15, -0.1) is 0 Å². The molecule has 46 heavy (non-hydrogen) atoms. The molecule has 0 aliphatic heterocycles. The van der Waals surface area contributed by atoms with Crippen LogP contribution in [0, 0.1) is 5.92 Å². The van der Waals surface area contributed by atoms with Gasteiger partial charge in [-0.1, -0.05) is 244 Å². The highest BCUT2D eigenvalue weighted by atomic mass is 16.4. The molecule has 0 fully saturated rings. The summed E-state index contributed by atoms with van der Waals surface area (Å²) in [5.41, 5.74) is 0. The molecule has 0 atom stereocenters. The Balaban J connectivity index is 3.11. The van der Waals surface area contributed by atoms with Gasteiger partial charge in [0.1, 0.15) is 0 Å². The zero-order chi connectivity index (χ0) is 33.6. The van der Waals surface area contributed by atoms with Crippen LogP contribution in [0.3, 0.4) is 0 Å². The van der Waals surface area contributed by atoms with E-state index in [1.807, 2.05) is 0 Å². The fourth-order valence-corrected chi connectivity index (χ4v) is 6.96. The maximum atomic E-state index is 10.9. The molecule has 2 N–H and O–H groups in total. The molecule has 0 saturated carbocycles. The van der Waals surface area contributed by atoms with Crippen LogP contribution in [0.5, 0.6) is 0 Å². The fourth-order valence-electron chi connectivity index (χ4n) is 6.96. The van der Waals surface area contributed by atoms with Crippen LogP contribution in [-0.2, 0) is 9.59 Å². The summed E-state index contributed by atoms with van der Waals surface area (Å²) in [7, 11) is 0. The van der Waals surface area contributed by atoms with Crippen molar-refractivity contribution in [1.82, 2.24) is 0 Å². The minimum Gasteiger partial charge on any atom is -0.481 e. The van der Waals surface area contributed by atoms with Crippen molar-refractivity contribution in [3.05, 3.63) is 0 Å². The van der Waals surface area contributed by atoms with E-state index in [0.29, 0.717) is 6.42 Å². The van der Waals surface area contributed by atoms with Gasteiger partial charge >= 0.3 is 11.9 Å². The van der Waals surface area contributed by atoms with E-state index in [1.54, 1.807) is 0 Å². The summed E-state index contributed by atoms with van der Waals surface area (Å²) in [6, 6.07) is 0. The van der Waals surface area contributed by atoms with Crippen LogP contribution in [0.4, 0.5) is 0 Å². The van der Waals surface area contributed by atoms with E-state index < -0.39 is 17.9 Å². The predicted molar refractivity (Wildman–Crippen MR) is 200 cm³/mol. The SMILES string of the molecule is CCCCCCCCCCCCCCCCCCCCCCCCCCCCCCCCCCCCCCCC(C(=O)O)C(=O)O. The third-order valence-electron chi connectivity index (χ3n) is 10.2. The van der Waals surface area contributed by atoms with Gasteiger partial charge in [-0.2, -0.15) is 0 Å². The van der Waals surface area contributed by atoms with Gasteiger partial charge in [-0.25, -0.2) is 0 Å². The monoisotopic (exact) mass is 651 g/mol. The first-order chi connectivity index (χ1) is 22.6. The van der Waals surface area contributed by atoms with E-state index >= 15 is 0 Å². The lowest BCUT2D eigenvalue weighted by Gasteiger charge is -2.07. The van der Waals surface area contributed by atoms with Gasteiger partial charge in [0.2, 0.25) is 0 Å². The lowest BCUT2D eigenvalue weighted by atomic mass is 10.00. The summed E-state index contributed by atoms with van der Waals surface area (Å²) in [4.78, 5) is 21.8. The summed E-state index contributed by atoms with van der Waals surface area (Å²) in [5.74, 6) is -3.65. The molecule has 4 nitrogen and oxygen atoms in total. The number of carboxylic acids is 2. The second-order valence-corrected chi connectivity index (χ2v) is 14.7. The lowest BCUT2D eigenvalue weighted by molar-refractivity contribution is -0.154. The average Bonchev–Trinajstić information content (AvgIpc) is 3.03. The largest absolute Gasteiger partial charge is 0.481 e. The minimum atomic E-state index is -1.23. The van der Waals surface area contributed by atoms with E-state index in [-0.39, 0.29) is 6.42 Å². The summed E-state index contributed by atoms with van der Waals surface area (Å²) in [6.07, 6.45) is 51.5. The molecule has 0 heterocycles. The molecule has 0 rings (SSSR count). The minimum absolute atomic E-state index is 0.254. The molecule has 0 radical (unpaired) electrons. The maximum absolute atomic E-state index is 10.9. The Hall–Kier alpha value is -1.06. The molecule has 0 bridgehead atoms. The van der Waals surface area contributed by atoms with Crippen molar-refractivity contribution in [1.29, 1.82) is 0 Å². The average molecular weight is 651 g/mol. The van der Waals surface area contributed by atoms with Crippen LogP contribution in [-0.4, -0.2) is 22.2 Å². The van der Waals surface area contributed by atoms with Crippen molar-refractivity contribution in [3.8, 4) is 0 Å². The quantitative estimate of drug-likeness (QED) is 0.0511. The maximum Gasteiger partial charge on any atom is 0.317 e. The molecule has 0 aromatic carbocycles. The number of aliphatic carboxylic acids is 2. The molecule has 0 unspecified atom stereocenters. The van der Waals surface area contributed by atoms with E-state index in [2.05, 4.69) is 6.92 Å². The molecule has 0 amide bonds. The zero-order valence-corrected chi connectivity index (χ0v) is 31.2. The lowest BCUT2D eigenvalue weighted by Crippen LogP contribution is -2.23. The molecule has 0 aliphatic rings. The first-order valence-electron chi connectivity index (χ1n) is 21.0. The van der Waals surface area contributed by atoms with Crippen molar-refractivity contribution in [2.45, 2.75) is 251 Å². The Labute approximate surface area is 288 Å². The first-order valence-corrected chi connectivity index (χ1v) is 21.0. The standard InChI is InChI=1S/C42H82O4/c1-2-3-4-5-6-7-8-9-10-11-12-13-14-15-16-17-18-19-20-21-22-23-24-25-26-27-28-29-30-31-32-33-34-35-36-37-38-39-40(41(43)44)42(45)46/h40H,2-39H2,1H3,(H,43,44)(H,45,46). The Morgan fingerprint density at radius 3 is 0.609 bits per heavy atom. The molecule has 274 valence electrons. The highest BCUT2D eigenvalue weighted by molar-refractivity contribution is 5.92. The van der Waals surface area contributed by atoms with Gasteiger partial charge < -0.3 is 10.2 Å². The van der Waals surface area contributed by atoms with Crippen LogP contribution < -0.4 is 0 Å². The van der Waals surface area contributed by atoms with Gasteiger partial charge in [0.25, 0.3) is 0 Å². The van der Waals surface area contributed by atoms with Gasteiger partial charge in [0, 0.05) is 0 Å². The van der Waals surface area contributed by atoms with Crippen LogP contribution in [0.15, 0.2) is 0 Å². The predicted octanol–water partition coefficient (Wildman–Crippen LogP) is 14.6. The molecule has 0 aliphatic carbocycles. The molecule has 0 spiro atoms. The van der Waals surface area contributed by atoms with Crippen molar-refractivity contribution in [2.24, 2.45) is 5.92 Å². The van der Waals surface area contributed by atoms with Crippen molar-refractivity contribution < 1.29 is 19.8 Å². The number of unbranched alkanes of at least 4 members (excludes halogenated alkanes) is 36. The highest BCUT2D eigenvalue weighted by Crippen LogP contribution is 2.18. The van der Waals surface area contributed by atoms with E-state index in [9.17, 15) is 9.59 Å². The number of carboxylic acid groups (broad SMARTS) is 2. The van der Waals surface area contributed by atoms with Gasteiger partial charge in [0.05, 0.1) is 0 Å². The number of rotatable bonds is 40. The Bertz CT molecular complexity index is 605. The molecule has 4 heteroatoms. The highest BCUT2D eigenvalue weighted by Gasteiger charge is 2.24. The molecule has 0 aromatic rings. The van der Waals surface area contributed by atoms with E-state index in [0.717, 1.165) is 12.8 Å². The van der Waals surface area contributed by atoms with Crippen LogP contribution in [0.1, 0.15) is 251 Å². The summed E-state index contributed by atoms with van der Waals surface area (Å²) >= 11 is 0. The summed E-state index contributed by atoms with van der Waals surface area (Å²) in [5, 5.41) is 17.8. The third kappa shape index (κ3) is 35.8. The fraction of sp³-hybridized carbons (Fsp3) is 0.952. The van der Waals surface area contributed by atoms with Crippen molar-refractivity contribution >= 4 is 11.9 Å². The first kappa shape index (κ1) is 44.9. The molecular weight excluding hydrogens is 568 g/mol. The van der Waals surface area contributed by atoms with Crippen molar-refractivity contribution in [2.75, 3.05) is 0 Å². The second kappa shape index (κ2) is 38.4. The molecular formula is C42H82O4. The van der Waals surface area contributed by atoms with E-state index in [4.69, 9.17) is 10.2 Å². The van der Waals surface area contributed by atoms with Gasteiger partial charge in [-0.05, 0) is 6.42 Å². The molecule has 0 saturated heterocycles. The Morgan fingerprint density at radius 2 is 0.457 bits per heavy atom. The number of carbonyl (C=O) groups is 2. The smallest absolute Gasteiger partial charge is 0.317 e. The van der Waals surface area contributed by atoms with Crippen LogP contribution >= 0.6 is 0 Å².